The fraction of sp³-hybridized carbons (Fsp3) is 0.267. The van der Waals surface area contributed by atoms with Crippen LogP contribution in [0.1, 0.15) is 18.5 Å². The Balaban J connectivity index is 2.51. The summed E-state index contributed by atoms with van der Waals surface area (Å²) >= 11 is 0. The summed E-state index contributed by atoms with van der Waals surface area (Å²) in [7, 11) is 3.84. The average Bonchev–Trinajstić information content (AvgIpc) is 2.39. The molecule has 5 heteroatoms. The van der Waals surface area contributed by atoms with Crippen molar-refractivity contribution in [3.63, 3.8) is 0 Å². The molecule has 0 saturated carbocycles. The van der Waals surface area contributed by atoms with Gasteiger partial charge in [-0.3, -0.25) is 0 Å². The van der Waals surface area contributed by atoms with Crippen LogP contribution >= 0.6 is 0 Å². The van der Waals surface area contributed by atoms with Crippen LogP contribution in [0.2, 0.25) is 0 Å². The van der Waals surface area contributed by atoms with Crippen molar-refractivity contribution in [1.29, 1.82) is 0 Å². The molecule has 1 aromatic heterocycles. The maximum absolute atomic E-state index is 13.9. The minimum absolute atomic E-state index is 0.0137. The van der Waals surface area contributed by atoms with E-state index >= 15 is 0 Å². The lowest BCUT2D eigenvalue weighted by Gasteiger charge is -2.21. The summed E-state index contributed by atoms with van der Waals surface area (Å²) in [5.74, 6) is -0.273. The number of pyridine rings is 1. The number of nitrogens with zero attached hydrogens (tertiary/aromatic N) is 2. The Morgan fingerprint density at radius 3 is 2.55 bits per heavy atom. The first-order chi connectivity index (χ1) is 9.40. The molecule has 3 N–H and O–H groups in total. The topological polar surface area (TPSA) is 62.4 Å². The zero-order valence-corrected chi connectivity index (χ0v) is 11.8. The van der Waals surface area contributed by atoms with E-state index in [1.807, 2.05) is 25.9 Å². The van der Waals surface area contributed by atoms with Crippen molar-refractivity contribution in [2.45, 2.75) is 13.0 Å². The summed E-state index contributed by atoms with van der Waals surface area (Å²) in [5.41, 5.74) is 7.22. The van der Waals surface area contributed by atoms with Gasteiger partial charge in [-0.05, 0) is 50.8 Å². The van der Waals surface area contributed by atoms with Gasteiger partial charge in [-0.25, -0.2) is 4.98 Å². The normalized spacial score (nSPS) is 12.7. The van der Waals surface area contributed by atoms with Crippen LogP contribution in [0.15, 0.2) is 30.3 Å². The highest BCUT2D eigenvalue weighted by Gasteiger charge is 2.15. The molecule has 1 heterocycles. The quantitative estimate of drug-likeness (QED) is 0.846. The molecule has 1 unspecified atom stereocenters. The van der Waals surface area contributed by atoms with Gasteiger partial charge >= 0.3 is 0 Å². The molecule has 2 aromatic rings. The smallest absolute Gasteiger partial charge is 0.222 e. The molecule has 0 saturated heterocycles. The Bertz CT molecular complexity index is 629. The van der Waals surface area contributed by atoms with Crippen molar-refractivity contribution in [2.75, 3.05) is 19.8 Å². The van der Waals surface area contributed by atoms with E-state index in [4.69, 9.17) is 5.73 Å². The third kappa shape index (κ3) is 2.72. The van der Waals surface area contributed by atoms with Crippen molar-refractivity contribution in [2.24, 2.45) is 0 Å². The van der Waals surface area contributed by atoms with Crippen molar-refractivity contribution in [3.8, 4) is 16.9 Å². The zero-order valence-electron chi connectivity index (χ0n) is 11.8. The van der Waals surface area contributed by atoms with Gasteiger partial charge in [-0.2, -0.15) is 4.39 Å². The molecule has 0 bridgehead atoms. The highest BCUT2D eigenvalue weighted by Crippen LogP contribution is 2.32. The number of hydrogen-bond donors (Lipinski definition) is 2. The first kappa shape index (κ1) is 14.3. The molecule has 106 valence electrons. The predicted octanol–water partition coefficient (Wildman–Crippen LogP) is 2.80. The minimum Gasteiger partial charge on any atom is -0.508 e. The monoisotopic (exact) mass is 275 g/mol. The zero-order chi connectivity index (χ0) is 14.9. The molecule has 0 spiro atoms. The first-order valence-corrected chi connectivity index (χ1v) is 6.32. The molecular weight excluding hydrogens is 257 g/mol. The van der Waals surface area contributed by atoms with E-state index in [2.05, 4.69) is 4.98 Å². The van der Waals surface area contributed by atoms with Gasteiger partial charge in [0.2, 0.25) is 5.95 Å². The minimum atomic E-state index is -0.612. The fourth-order valence-corrected chi connectivity index (χ4v) is 2.00. The van der Waals surface area contributed by atoms with Gasteiger partial charge in [-0.15, -0.1) is 0 Å². The number of phenolic OH excluding ortho intramolecular Hbond substituents is 1. The SMILES string of the molecule is CC(c1cc(-c2ccc(N)nc2F)ccc1O)N(C)C. The van der Waals surface area contributed by atoms with Crippen molar-refractivity contribution in [3.05, 3.63) is 41.8 Å². The van der Waals surface area contributed by atoms with Crippen LogP contribution in [0.4, 0.5) is 10.2 Å². The van der Waals surface area contributed by atoms with Gasteiger partial charge < -0.3 is 15.7 Å². The van der Waals surface area contributed by atoms with E-state index in [9.17, 15) is 9.50 Å². The molecule has 1 atom stereocenters. The van der Waals surface area contributed by atoms with Gasteiger partial charge in [0.15, 0.2) is 0 Å². The third-order valence-corrected chi connectivity index (χ3v) is 3.43. The second-order valence-corrected chi connectivity index (χ2v) is 4.99. The summed E-state index contributed by atoms with van der Waals surface area (Å²) in [6, 6.07) is 8.17. The molecule has 4 nitrogen and oxygen atoms in total. The van der Waals surface area contributed by atoms with E-state index in [1.54, 1.807) is 30.3 Å². The van der Waals surface area contributed by atoms with Gasteiger partial charge in [-0.1, -0.05) is 6.07 Å². The standard InChI is InChI=1S/C15H18FN3O/c1-9(19(2)3)12-8-10(4-6-13(12)20)11-5-7-14(17)18-15(11)16/h4-9,20H,1-3H3,(H2,17,18). The van der Waals surface area contributed by atoms with Crippen molar-refractivity contribution < 1.29 is 9.50 Å². The van der Waals surface area contributed by atoms with Gasteiger partial charge in [0.05, 0.1) is 0 Å². The van der Waals surface area contributed by atoms with Crippen molar-refractivity contribution >= 4 is 5.82 Å². The number of phenols is 1. The molecular formula is C15H18FN3O. The van der Waals surface area contributed by atoms with E-state index < -0.39 is 5.95 Å². The molecule has 1 aromatic carbocycles. The number of nitrogen functional groups attached to an aromatic ring is 1. The molecule has 0 aliphatic heterocycles. The lowest BCUT2D eigenvalue weighted by atomic mass is 9.99. The molecule has 0 aliphatic rings. The van der Waals surface area contributed by atoms with Crippen LogP contribution < -0.4 is 5.73 Å². The first-order valence-electron chi connectivity index (χ1n) is 6.32. The Morgan fingerprint density at radius 1 is 1.25 bits per heavy atom. The molecule has 0 amide bonds. The highest BCUT2D eigenvalue weighted by atomic mass is 19.1. The fourth-order valence-electron chi connectivity index (χ4n) is 2.00. The van der Waals surface area contributed by atoms with E-state index in [0.29, 0.717) is 11.1 Å². The summed E-state index contributed by atoms with van der Waals surface area (Å²) in [6.07, 6.45) is 0. The average molecular weight is 275 g/mol. The number of aromatic nitrogens is 1. The summed E-state index contributed by atoms with van der Waals surface area (Å²) < 4.78 is 13.9. The maximum Gasteiger partial charge on any atom is 0.222 e. The number of benzene rings is 1. The number of rotatable bonds is 3. The van der Waals surface area contributed by atoms with Gasteiger partial charge in [0.1, 0.15) is 11.6 Å². The van der Waals surface area contributed by atoms with E-state index in [0.717, 1.165) is 5.56 Å². The predicted molar refractivity (Wildman–Crippen MR) is 77.8 cm³/mol. The summed E-state index contributed by atoms with van der Waals surface area (Å²) in [5, 5.41) is 9.96. The van der Waals surface area contributed by atoms with E-state index in [1.165, 1.54) is 0 Å². The Kier molecular flexibility index (Phi) is 3.90. The summed E-state index contributed by atoms with van der Waals surface area (Å²) in [4.78, 5) is 5.59. The van der Waals surface area contributed by atoms with Crippen LogP contribution in [-0.2, 0) is 0 Å². The number of nitrogens with two attached hydrogens (primary N) is 1. The number of hydrogen-bond acceptors (Lipinski definition) is 4. The lowest BCUT2D eigenvalue weighted by Crippen LogP contribution is -2.16. The number of halogens is 1. The van der Waals surface area contributed by atoms with Crippen LogP contribution in [-0.4, -0.2) is 29.1 Å². The highest BCUT2D eigenvalue weighted by molar-refractivity contribution is 5.66. The number of anilines is 1. The molecule has 0 radical (unpaired) electrons. The third-order valence-electron chi connectivity index (χ3n) is 3.43. The van der Waals surface area contributed by atoms with Crippen molar-refractivity contribution in [1.82, 2.24) is 9.88 Å². The van der Waals surface area contributed by atoms with Gasteiger partial charge in [0, 0.05) is 17.2 Å². The Morgan fingerprint density at radius 2 is 1.95 bits per heavy atom. The van der Waals surface area contributed by atoms with Crippen LogP contribution in [0.25, 0.3) is 11.1 Å². The molecule has 2 rings (SSSR count). The van der Waals surface area contributed by atoms with Crippen LogP contribution in [0.5, 0.6) is 5.75 Å². The second-order valence-electron chi connectivity index (χ2n) is 4.99. The largest absolute Gasteiger partial charge is 0.508 e. The summed E-state index contributed by atoms with van der Waals surface area (Å²) in [6.45, 7) is 1.97. The lowest BCUT2D eigenvalue weighted by molar-refractivity contribution is 0.312. The Labute approximate surface area is 117 Å². The molecule has 20 heavy (non-hydrogen) atoms. The van der Waals surface area contributed by atoms with Gasteiger partial charge in [0.25, 0.3) is 0 Å². The van der Waals surface area contributed by atoms with E-state index in [-0.39, 0.29) is 17.6 Å². The van der Waals surface area contributed by atoms with Crippen LogP contribution in [0, 0.1) is 5.95 Å². The number of aromatic hydroxyl groups is 1. The van der Waals surface area contributed by atoms with Crippen LogP contribution in [0.3, 0.4) is 0 Å². The molecule has 0 aliphatic carbocycles. The maximum atomic E-state index is 13.9. The molecule has 0 fully saturated rings. The Hall–Kier alpha value is -2.14. The second kappa shape index (κ2) is 5.46.